The van der Waals surface area contributed by atoms with E-state index in [1.807, 2.05) is 0 Å². The third-order valence-corrected chi connectivity index (χ3v) is 4.76. The normalized spacial score (nSPS) is 24.1. The number of hydrogen-bond acceptors (Lipinski definition) is 3. The summed E-state index contributed by atoms with van der Waals surface area (Å²) in [5.41, 5.74) is -2.48. The molecule has 2 heterocycles. The number of alkyl halides is 3. The fourth-order valence-electron chi connectivity index (χ4n) is 2.43. The van der Waals surface area contributed by atoms with Crippen LogP contribution in [0.5, 0.6) is 0 Å². The maximum absolute atomic E-state index is 14.4. The second kappa shape index (κ2) is 5.38. The van der Waals surface area contributed by atoms with E-state index in [1.165, 1.54) is 18.0 Å². The average Bonchev–Trinajstić information content (AvgIpc) is 3.08. The van der Waals surface area contributed by atoms with Crippen LogP contribution in [0.2, 0.25) is 5.02 Å². The smallest absolute Gasteiger partial charge is 0.279 e. The van der Waals surface area contributed by atoms with Gasteiger partial charge in [-0.1, -0.05) is 11.6 Å². The topological polar surface area (TPSA) is 24.7 Å². The summed E-state index contributed by atoms with van der Waals surface area (Å²) in [5, 5.41) is 0.226. The van der Waals surface area contributed by atoms with Crippen molar-refractivity contribution in [1.82, 2.24) is 0 Å². The minimum atomic E-state index is -4.66. The largest absolute Gasteiger partial charge is 0.416 e. The molecule has 2 aliphatic heterocycles. The Hall–Kier alpha value is -1.34. The van der Waals surface area contributed by atoms with Gasteiger partial charge in [-0.05, 0) is 24.3 Å². The first-order valence-electron chi connectivity index (χ1n) is 6.32. The first-order valence-corrected chi connectivity index (χ1v) is 7.68. The molecular weight excluding hydrogens is 340 g/mol. The highest BCUT2D eigenvalue weighted by Crippen LogP contribution is 2.44. The van der Waals surface area contributed by atoms with Crippen LogP contribution in [0.4, 0.5) is 17.6 Å². The van der Waals surface area contributed by atoms with E-state index in [2.05, 4.69) is 9.98 Å². The van der Waals surface area contributed by atoms with Crippen molar-refractivity contribution in [3.63, 3.8) is 0 Å². The van der Waals surface area contributed by atoms with E-state index < -0.39 is 23.1 Å². The third-order valence-electron chi connectivity index (χ3n) is 3.36. The molecule has 0 aromatic heterocycles. The number of thioether (sulfide) groups is 1. The minimum Gasteiger partial charge on any atom is -0.279 e. The van der Waals surface area contributed by atoms with Crippen molar-refractivity contribution in [2.24, 2.45) is 9.98 Å². The molecule has 8 heteroatoms. The fourth-order valence-corrected chi connectivity index (χ4v) is 3.79. The van der Waals surface area contributed by atoms with Gasteiger partial charge in [-0.2, -0.15) is 13.2 Å². The summed E-state index contributed by atoms with van der Waals surface area (Å²) in [6, 6.07) is 1.17. The summed E-state index contributed by atoms with van der Waals surface area (Å²) in [6.45, 7) is 0.560. The summed E-state index contributed by atoms with van der Waals surface area (Å²) in [7, 11) is 0. The van der Waals surface area contributed by atoms with E-state index in [0.717, 1.165) is 11.8 Å². The maximum Gasteiger partial charge on any atom is 0.416 e. The molecule has 0 saturated heterocycles. The third kappa shape index (κ3) is 2.46. The summed E-state index contributed by atoms with van der Waals surface area (Å²) >= 11 is 7.37. The summed E-state index contributed by atoms with van der Waals surface area (Å²) in [4.78, 5) is 8.53. The van der Waals surface area contributed by atoms with Gasteiger partial charge in [0.15, 0.2) is 5.54 Å². The molecule has 0 fully saturated rings. The van der Waals surface area contributed by atoms with E-state index in [9.17, 15) is 17.6 Å². The number of nitrogens with zero attached hydrogens (tertiary/aromatic N) is 2. The van der Waals surface area contributed by atoms with Crippen molar-refractivity contribution in [3.05, 3.63) is 46.3 Å². The molecule has 0 aliphatic carbocycles. The van der Waals surface area contributed by atoms with Gasteiger partial charge in [-0.3, -0.25) is 9.98 Å². The SMILES string of the molecule is Fc1cc(C(F)(F)F)cc(Cl)c1C1(C2=NCCS2)C=CC=N1. The van der Waals surface area contributed by atoms with Crippen LogP contribution in [-0.4, -0.2) is 23.6 Å². The van der Waals surface area contributed by atoms with Gasteiger partial charge < -0.3 is 0 Å². The summed E-state index contributed by atoms with van der Waals surface area (Å²) in [6.07, 6.45) is 0.00989. The Balaban J connectivity index is 2.18. The summed E-state index contributed by atoms with van der Waals surface area (Å²) < 4.78 is 52.7. The number of benzene rings is 1. The van der Waals surface area contributed by atoms with Crippen molar-refractivity contribution in [2.45, 2.75) is 11.7 Å². The molecule has 3 rings (SSSR count). The molecule has 1 aromatic carbocycles. The van der Waals surface area contributed by atoms with Gasteiger partial charge in [-0.25, -0.2) is 4.39 Å². The van der Waals surface area contributed by atoms with Crippen LogP contribution in [0.1, 0.15) is 11.1 Å². The van der Waals surface area contributed by atoms with Gasteiger partial charge in [0, 0.05) is 24.1 Å². The predicted octanol–water partition coefficient (Wildman–Crippen LogP) is 4.48. The quantitative estimate of drug-likeness (QED) is 0.723. The Morgan fingerprint density at radius 2 is 2.05 bits per heavy atom. The molecular formula is C14H9ClF4N2S. The van der Waals surface area contributed by atoms with E-state index in [0.29, 0.717) is 17.7 Å². The number of halogens is 5. The lowest BCUT2D eigenvalue weighted by atomic mass is 9.90. The fraction of sp³-hybridized carbons (Fsp3) is 0.286. The van der Waals surface area contributed by atoms with Crippen molar-refractivity contribution in [2.75, 3.05) is 12.3 Å². The van der Waals surface area contributed by atoms with Crippen LogP contribution in [0.3, 0.4) is 0 Å². The molecule has 0 N–H and O–H groups in total. The first-order chi connectivity index (χ1) is 10.3. The van der Waals surface area contributed by atoms with Gasteiger partial charge in [0.25, 0.3) is 0 Å². The molecule has 0 spiro atoms. The van der Waals surface area contributed by atoms with Crippen molar-refractivity contribution >= 4 is 34.6 Å². The van der Waals surface area contributed by atoms with Crippen LogP contribution in [0, 0.1) is 5.82 Å². The molecule has 2 aliphatic rings. The Bertz CT molecular complexity index is 674. The zero-order valence-corrected chi connectivity index (χ0v) is 12.6. The second-order valence-corrected chi connectivity index (χ2v) is 6.24. The molecule has 0 radical (unpaired) electrons. The zero-order chi connectivity index (χ0) is 16.0. The molecule has 0 bridgehead atoms. The van der Waals surface area contributed by atoms with E-state index in [1.54, 1.807) is 12.2 Å². The average molecular weight is 349 g/mol. The van der Waals surface area contributed by atoms with Gasteiger partial charge in [0.1, 0.15) is 10.9 Å². The molecule has 22 heavy (non-hydrogen) atoms. The maximum atomic E-state index is 14.4. The lowest BCUT2D eigenvalue weighted by molar-refractivity contribution is -0.137. The highest BCUT2D eigenvalue weighted by atomic mass is 35.5. The van der Waals surface area contributed by atoms with E-state index in [-0.39, 0.29) is 10.6 Å². The van der Waals surface area contributed by atoms with Crippen LogP contribution >= 0.6 is 23.4 Å². The van der Waals surface area contributed by atoms with Crippen molar-refractivity contribution in [1.29, 1.82) is 0 Å². The molecule has 1 aromatic rings. The van der Waals surface area contributed by atoms with Crippen LogP contribution in [0.25, 0.3) is 0 Å². The second-order valence-electron chi connectivity index (χ2n) is 4.75. The number of hydrogen-bond donors (Lipinski definition) is 0. The first kappa shape index (κ1) is 15.6. The highest BCUT2D eigenvalue weighted by molar-refractivity contribution is 8.14. The highest BCUT2D eigenvalue weighted by Gasteiger charge is 2.43. The number of allylic oxidation sites excluding steroid dienone is 1. The van der Waals surface area contributed by atoms with Crippen LogP contribution in [-0.2, 0) is 11.7 Å². The van der Waals surface area contributed by atoms with Crippen LogP contribution < -0.4 is 0 Å². The minimum absolute atomic E-state index is 0.0969. The standard InChI is InChI=1S/C14H9ClF4N2S/c15-9-6-8(14(17,18)19)7-10(16)11(9)13(2-1-3-21-13)12-20-4-5-22-12/h1-3,6-7H,4-5H2. The molecule has 116 valence electrons. The van der Waals surface area contributed by atoms with E-state index in [4.69, 9.17) is 11.6 Å². The molecule has 0 amide bonds. The van der Waals surface area contributed by atoms with Gasteiger partial charge >= 0.3 is 6.18 Å². The lowest BCUT2D eigenvalue weighted by Gasteiger charge is -2.26. The Labute approximate surface area is 133 Å². The molecule has 0 saturated carbocycles. The molecule has 1 unspecified atom stereocenters. The van der Waals surface area contributed by atoms with E-state index >= 15 is 0 Å². The van der Waals surface area contributed by atoms with Gasteiger partial charge in [0.2, 0.25) is 0 Å². The van der Waals surface area contributed by atoms with Crippen molar-refractivity contribution in [3.8, 4) is 0 Å². The molecule has 2 nitrogen and oxygen atoms in total. The summed E-state index contributed by atoms with van der Waals surface area (Å²) in [5.74, 6) is -0.320. The molecule has 1 atom stereocenters. The van der Waals surface area contributed by atoms with Crippen LogP contribution in [0.15, 0.2) is 34.3 Å². The predicted molar refractivity (Wildman–Crippen MR) is 80.5 cm³/mol. The van der Waals surface area contributed by atoms with Gasteiger partial charge in [-0.15, -0.1) is 11.8 Å². The van der Waals surface area contributed by atoms with Gasteiger partial charge in [0.05, 0.1) is 10.6 Å². The lowest BCUT2D eigenvalue weighted by Crippen LogP contribution is -2.29. The number of rotatable bonds is 2. The zero-order valence-electron chi connectivity index (χ0n) is 11.0. The monoisotopic (exact) mass is 348 g/mol. The Kier molecular flexibility index (Phi) is 3.81. The Morgan fingerprint density at radius 3 is 2.55 bits per heavy atom. The Morgan fingerprint density at radius 1 is 1.27 bits per heavy atom. The number of aliphatic imine (C=N–C) groups is 2. The van der Waals surface area contributed by atoms with Crippen molar-refractivity contribution < 1.29 is 17.6 Å².